The van der Waals surface area contributed by atoms with Crippen molar-refractivity contribution in [1.29, 1.82) is 0 Å². The maximum atomic E-state index is 13.8. The second kappa shape index (κ2) is 11.4. The fourth-order valence-electron chi connectivity index (χ4n) is 3.97. The van der Waals surface area contributed by atoms with E-state index in [9.17, 15) is 13.2 Å². The summed E-state index contributed by atoms with van der Waals surface area (Å²) in [5, 5.41) is 2.72. The van der Waals surface area contributed by atoms with Crippen LogP contribution in [-0.2, 0) is 27.7 Å². The minimum atomic E-state index is -3.86. The lowest BCUT2D eigenvalue weighted by atomic mass is 10.1. The Morgan fingerprint density at radius 3 is 2.49 bits per heavy atom. The Morgan fingerprint density at radius 1 is 1.11 bits per heavy atom. The molecule has 1 amide bonds. The average Bonchev–Trinajstić information content (AvgIpc) is 3.37. The van der Waals surface area contributed by atoms with Crippen LogP contribution in [0, 0.1) is 0 Å². The van der Waals surface area contributed by atoms with Crippen molar-refractivity contribution in [2.45, 2.75) is 30.8 Å². The number of sulfonamides is 1. The fraction of sp³-hybridized carbons (Fsp3) is 0.320. The van der Waals surface area contributed by atoms with Gasteiger partial charge < -0.3 is 9.64 Å². The molecule has 1 aromatic heterocycles. The van der Waals surface area contributed by atoms with Gasteiger partial charge in [-0.2, -0.15) is 4.31 Å². The molecule has 0 saturated carbocycles. The van der Waals surface area contributed by atoms with Gasteiger partial charge in [0, 0.05) is 47.6 Å². The monoisotopic (exact) mass is 552 g/mol. The number of hydrogen-bond donors (Lipinski definition) is 0. The molecule has 1 saturated heterocycles. The lowest BCUT2D eigenvalue weighted by Crippen LogP contribution is -2.41. The summed E-state index contributed by atoms with van der Waals surface area (Å²) in [6.45, 7) is 3.50. The predicted molar refractivity (Wildman–Crippen MR) is 140 cm³/mol. The van der Waals surface area contributed by atoms with Crippen LogP contribution in [0.3, 0.4) is 0 Å². The molecule has 35 heavy (non-hydrogen) atoms. The Kier molecular flexibility index (Phi) is 8.52. The first-order valence-corrected chi connectivity index (χ1v) is 14.3. The molecule has 1 atom stereocenters. The normalized spacial score (nSPS) is 15.6. The number of thiophene rings is 1. The second-order valence-corrected chi connectivity index (χ2v) is 12.1. The van der Waals surface area contributed by atoms with Gasteiger partial charge in [-0.05, 0) is 54.3 Å². The predicted octanol–water partition coefficient (Wildman–Crippen LogP) is 5.35. The average molecular weight is 554 g/mol. The van der Waals surface area contributed by atoms with Crippen molar-refractivity contribution in [3.63, 3.8) is 0 Å². The Bertz CT molecular complexity index is 1260. The molecular formula is C25H26Cl2N2O4S2. The van der Waals surface area contributed by atoms with Crippen LogP contribution in [-0.4, -0.2) is 55.9 Å². The van der Waals surface area contributed by atoms with Crippen LogP contribution in [0.4, 0.5) is 0 Å². The zero-order chi connectivity index (χ0) is 25.0. The highest BCUT2D eigenvalue weighted by molar-refractivity contribution is 7.89. The molecule has 2 aromatic carbocycles. The highest BCUT2D eigenvalue weighted by Gasteiger charge is 2.30. The van der Waals surface area contributed by atoms with Gasteiger partial charge in [-0.1, -0.05) is 41.4 Å². The van der Waals surface area contributed by atoms with Crippen molar-refractivity contribution in [3.05, 3.63) is 86.0 Å². The van der Waals surface area contributed by atoms with E-state index in [1.165, 1.54) is 16.4 Å². The van der Waals surface area contributed by atoms with Gasteiger partial charge >= 0.3 is 0 Å². The number of amides is 1. The molecule has 1 fully saturated rings. The maximum Gasteiger partial charge on any atom is 0.254 e. The number of carbonyl (C=O) groups excluding carboxylic acids is 1. The van der Waals surface area contributed by atoms with Crippen molar-refractivity contribution in [2.24, 2.45) is 0 Å². The third-order valence-electron chi connectivity index (χ3n) is 5.90. The van der Waals surface area contributed by atoms with Gasteiger partial charge in [0.2, 0.25) is 10.0 Å². The third-order valence-corrected chi connectivity index (χ3v) is 9.43. The Balaban J connectivity index is 1.66. The zero-order valence-corrected chi connectivity index (χ0v) is 22.3. The summed E-state index contributed by atoms with van der Waals surface area (Å²) in [4.78, 5) is 16.6. The van der Waals surface area contributed by atoms with Crippen LogP contribution < -0.4 is 0 Å². The Hall–Kier alpha value is -1.94. The molecule has 0 spiro atoms. The summed E-state index contributed by atoms with van der Waals surface area (Å²) in [5.41, 5.74) is 1.20. The molecule has 0 aliphatic carbocycles. The number of carbonyl (C=O) groups is 1. The number of benzene rings is 2. The standard InChI is InChI=1S/C25H26Cl2N2O4S2/c1-18(15-22-3-2-14-34-22)29(17-19-4-7-21(26)8-5-19)25(30)20-6-9-23(27)24(16-20)35(31,32)28-10-12-33-13-11-28/h2-9,14,16,18H,10-13,15,17H2,1H3. The summed E-state index contributed by atoms with van der Waals surface area (Å²) in [6, 6.07) is 15.7. The quantitative estimate of drug-likeness (QED) is 0.377. The first kappa shape index (κ1) is 26.1. The lowest BCUT2D eigenvalue weighted by molar-refractivity contribution is 0.0675. The van der Waals surface area contributed by atoms with Crippen molar-refractivity contribution in [2.75, 3.05) is 26.3 Å². The van der Waals surface area contributed by atoms with E-state index in [-0.39, 0.29) is 40.5 Å². The molecule has 4 rings (SSSR count). The third kappa shape index (κ3) is 6.25. The summed E-state index contributed by atoms with van der Waals surface area (Å²) in [7, 11) is -3.86. The van der Waals surface area contributed by atoms with Crippen LogP contribution in [0.5, 0.6) is 0 Å². The largest absolute Gasteiger partial charge is 0.379 e. The van der Waals surface area contributed by atoms with Crippen LogP contribution in [0.1, 0.15) is 27.7 Å². The molecule has 1 unspecified atom stereocenters. The van der Waals surface area contributed by atoms with Crippen molar-refractivity contribution >= 4 is 50.5 Å². The molecule has 2 heterocycles. The van der Waals surface area contributed by atoms with Crippen molar-refractivity contribution < 1.29 is 17.9 Å². The number of morpholine rings is 1. The van der Waals surface area contributed by atoms with E-state index >= 15 is 0 Å². The van der Waals surface area contributed by atoms with Gasteiger partial charge in [0.1, 0.15) is 4.90 Å². The summed E-state index contributed by atoms with van der Waals surface area (Å²) in [5.74, 6) is -0.265. The molecule has 6 nitrogen and oxygen atoms in total. The van der Waals surface area contributed by atoms with E-state index in [2.05, 4.69) is 0 Å². The zero-order valence-electron chi connectivity index (χ0n) is 19.2. The fourth-order valence-corrected chi connectivity index (χ4v) is 6.83. The molecule has 0 bridgehead atoms. The Labute approximate surface area is 220 Å². The molecule has 186 valence electrons. The first-order valence-electron chi connectivity index (χ1n) is 11.2. The molecule has 0 N–H and O–H groups in total. The van der Waals surface area contributed by atoms with Crippen LogP contribution >= 0.6 is 34.5 Å². The SMILES string of the molecule is CC(Cc1cccs1)N(Cc1ccc(Cl)cc1)C(=O)c1ccc(Cl)c(S(=O)(=O)N2CCOCC2)c1. The summed E-state index contributed by atoms with van der Waals surface area (Å²) >= 11 is 14.0. The smallest absolute Gasteiger partial charge is 0.254 e. The summed E-state index contributed by atoms with van der Waals surface area (Å²) < 4.78 is 33.2. The van der Waals surface area contributed by atoms with E-state index in [0.29, 0.717) is 31.2 Å². The molecule has 0 radical (unpaired) electrons. The van der Waals surface area contributed by atoms with E-state index in [0.717, 1.165) is 10.4 Å². The minimum Gasteiger partial charge on any atom is -0.379 e. The summed E-state index contributed by atoms with van der Waals surface area (Å²) in [6.07, 6.45) is 0.684. The van der Waals surface area contributed by atoms with E-state index < -0.39 is 10.0 Å². The second-order valence-electron chi connectivity index (χ2n) is 8.35. The topological polar surface area (TPSA) is 66.9 Å². The molecule has 1 aliphatic heterocycles. The number of hydrogen-bond acceptors (Lipinski definition) is 5. The van der Waals surface area contributed by atoms with Crippen molar-refractivity contribution in [3.8, 4) is 0 Å². The van der Waals surface area contributed by atoms with Gasteiger partial charge in [0.15, 0.2) is 0 Å². The first-order chi connectivity index (χ1) is 16.8. The van der Waals surface area contributed by atoms with Crippen LogP contribution in [0.25, 0.3) is 0 Å². The lowest BCUT2D eigenvalue weighted by Gasteiger charge is -2.30. The molecular weight excluding hydrogens is 527 g/mol. The van der Waals surface area contributed by atoms with Gasteiger partial charge in [-0.3, -0.25) is 4.79 Å². The highest BCUT2D eigenvalue weighted by atomic mass is 35.5. The van der Waals surface area contributed by atoms with Gasteiger partial charge in [-0.25, -0.2) is 8.42 Å². The van der Waals surface area contributed by atoms with Crippen LogP contribution in [0.2, 0.25) is 10.0 Å². The Morgan fingerprint density at radius 2 is 1.83 bits per heavy atom. The number of nitrogens with zero attached hydrogens (tertiary/aromatic N) is 2. The van der Waals surface area contributed by atoms with E-state index in [1.54, 1.807) is 34.4 Å². The maximum absolute atomic E-state index is 13.8. The van der Waals surface area contributed by atoms with E-state index in [1.807, 2.05) is 36.6 Å². The highest BCUT2D eigenvalue weighted by Crippen LogP contribution is 2.28. The number of halogens is 2. The number of rotatable bonds is 8. The number of ether oxygens (including phenoxy) is 1. The van der Waals surface area contributed by atoms with E-state index in [4.69, 9.17) is 27.9 Å². The minimum absolute atomic E-state index is 0.0655. The molecule has 3 aromatic rings. The van der Waals surface area contributed by atoms with Crippen molar-refractivity contribution in [1.82, 2.24) is 9.21 Å². The van der Waals surface area contributed by atoms with Gasteiger partial charge in [0.05, 0.1) is 18.2 Å². The van der Waals surface area contributed by atoms with Gasteiger partial charge in [0.25, 0.3) is 5.91 Å². The molecule has 1 aliphatic rings. The van der Waals surface area contributed by atoms with Crippen LogP contribution in [0.15, 0.2) is 64.9 Å². The molecule has 10 heteroatoms. The van der Waals surface area contributed by atoms with Gasteiger partial charge in [-0.15, -0.1) is 11.3 Å².